The predicted octanol–water partition coefficient (Wildman–Crippen LogP) is 1.95. The van der Waals surface area contributed by atoms with Crippen molar-refractivity contribution < 1.29 is 18.7 Å². The van der Waals surface area contributed by atoms with E-state index in [2.05, 4.69) is 0 Å². The zero-order valence-electron chi connectivity index (χ0n) is 9.44. The molecule has 5 nitrogen and oxygen atoms in total. The van der Waals surface area contributed by atoms with Crippen LogP contribution in [0.2, 0.25) is 0 Å². The van der Waals surface area contributed by atoms with Crippen molar-refractivity contribution in [3.63, 3.8) is 0 Å². The summed E-state index contributed by atoms with van der Waals surface area (Å²) in [6.07, 6.45) is 0. The van der Waals surface area contributed by atoms with Gasteiger partial charge in [0, 0.05) is 11.5 Å². The number of fused-ring (bicyclic) bond motifs is 1. The highest BCUT2D eigenvalue weighted by molar-refractivity contribution is 6.26. The summed E-state index contributed by atoms with van der Waals surface area (Å²) in [5.41, 5.74) is -0.286. The van der Waals surface area contributed by atoms with Crippen molar-refractivity contribution in [3.8, 4) is 11.5 Å². The summed E-state index contributed by atoms with van der Waals surface area (Å²) in [4.78, 5) is 22.3. The Kier molecular flexibility index (Phi) is 3.53. The maximum Gasteiger partial charge on any atom is 0.336 e. The van der Waals surface area contributed by atoms with Gasteiger partial charge < -0.3 is 13.9 Å². The van der Waals surface area contributed by atoms with Gasteiger partial charge in [0.15, 0.2) is 11.3 Å². The lowest BCUT2D eigenvalue weighted by molar-refractivity contribution is -0.131. The molecule has 1 aromatic carbocycles. The zero-order valence-corrected chi connectivity index (χ0v) is 10.2. The number of alkyl halides is 1. The first-order chi connectivity index (χ1) is 8.65. The Morgan fingerprint density at radius 2 is 2.06 bits per heavy atom. The summed E-state index contributed by atoms with van der Waals surface area (Å²) in [5.74, 6) is -0.554. The van der Waals surface area contributed by atoms with Gasteiger partial charge in [0.2, 0.25) is 5.75 Å². The van der Waals surface area contributed by atoms with Crippen molar-refractivity contribution >= 4 is 28.5 Å². The maximum absolute atomic E-state index is 11.2. The van der Waals surface area contributed by atoms with Crippen molar-refractivity contribution in [1.82, 2.24) is 0 Å². The van der Waals surface area contributed by atoms with Gasteiger partial charge in [-0.1, -0.05) is 0 Å². The summed E-state index contributed by atoms with van der Waals surface area (Å²) in [5, 5.41) is 0.664. The Bertz CT molecular complexity index is 646. The van der Waals surface area contributed by atoms with Crippen molar-refractivity contribution in [2.75, 3.05) is 13.0 Å². The van der Waals surface area contributed by atoms with E-state index in [-0.39, 0.29) is 23.0 Å². The van der Waals surface area contributed by atoms with Crippen LogP contribution in [0.3, 0.4) is 0 Å². The van der Waals surface area contributed by atoms with Gasteiger partial charge in [0.05, 0.1) is 7.11 Å². The van der Waals surface area contributed by atoms with E-state index in [4.69, 9.17) is 25.5 Å². The fourth-order valence-corrected chi connectivity index (χ4v) is 1.57. The third-order valence-electron chi connectivity index (χ3n) is 2.25. The number of carbonyl (C=O) groups excluding carboxylic acids is 1. The molecule has 0 aliphatic rings. The number of methoxy groups -OCH3 is 1. The Labute approximate surface area is 107 Å². The molecule has 0 amide bonds. The molecule has 0 aliphatic carbocycles. The van der Waals surface area contributed by atoms with Crippen LogP contribution >= 0.6 is 11.6 Å². The highest BCUT2D eigenvalue weighted by Crippen LogP contribution is 2.34. The molecule has 0 unspecified atom stereocenters. The number of rotatable bonds is 3. The van der Waals surface area contributed by atoms with Crippen molar-refractivity contribution in [2.24, 2.45) is 0 Å². The Morgan fingerprint density at radius 3 is 2.72 bits per heavy atom. The summed E-state index contributed by atoms with van der Waals surface area (Å²) in [7, 11) is 1.39. The lowest BCUT2D eigenvalue weighted by Gasteiger charge is -2.09. The second kappa shape index (κ2) is 5.10. The van der Waals surface area contributed by atoms with E-state index in [0.717, 1.165) is 0 Å². The molecule has 0 saturated heterocycles. The standard InChI is InChI=1S/C12H9ClO5/c1-16-12-8(17-10(15)6-13)4-2-7-3-5-9(14)18-11(7)12/h2-5H,6H2,1H3. The quantitative estimate of drug-likeness (QED) is 0.368. The fourth-order valence-electron chi connectivity index (χ4n) is 1.51. The average Bonchev–Trinajstić information content (AvgIpc) is 2.38. The molecular formula is C12H9ClO5. The summed E-state index contributed by atoms with van der Waals surface area (Å²) in [6.45, 7) is 0. The molecule has 1 aromatic heterocycles. The van der Waals surface area contributed by atoms with E-state index in [0.29, 0.717) is 5.39 Å². The zero-order chi connectivity index (χ0) is 13.1. The number of hydrogen-bond donors (Lipinski definition) is 0. The molecular weight excluding hydrogens is 260 g/mol. The van der Waals surface area contributed by atoms with Crippen LogP contribution in [0, 0.1) is 0 Å². The molecule has 6 heteroatoms. The van der Waals surface area contributed by atoms with Crippen molar-refractivity contribution in [2.45, 2.75) is 0 Å². The summed E-state index contributed by atoms with van der Waals surface area (Å²) >= 11 is 5.35. The molecule has 0 fully saturated rings. The monoisotopic (exact) mass is 268 g/mol. The van der Waals surface area contributed by atoms with Gasteiger partial charge in [0.25, 0.3) is 0 Å². The molecule has 0 spiro atoms. The fraction of sp³-hybridized carbons (Fsp3) is 0.167. The van der Waals surface area contributed by atoms with E-state index in [1.165, 1.54) is 13.2 Å². The minimum absolute atomic E-state index is 0.157. The predicted molar refractivity (Wildman–Crippen MR) is 65.4 cm³/mol. The van der Waals surface area contributed by atoms with Crippen LogP contribution in [0.25, 0.3) is 11.0 Å². The molecule has 94 valence electrons. The molecule has 0 saturated carbocycles. The Balaban J connectivity index is 2.61. The van der Waals surface area contributed by atoms with E-state index in [1.807, 2.05) is 0 Å². The van der Waals surface area contributed by atoms with Gasteiger partial charge in [-0.05, 0) is 18.2 Å². The van der Waals surface area contributed by atoms with Gasteiger partial charge in [0.1, 0.15) is 5.88 Å². The number of halogens is 1. The summed E-state index contributed by atoms with van der Waals surface area (Å²) < 4.78 is 15.1. The van der Waals surface area contributed by atoms with Gasteiger partial charge >= 0.3 is 11.6 Å². The second-order valence-electron chi connectivity index (χ2n) is 3.38. The van der Waals surface area contributed by atoms with Gasteiger partial charge in [-0.15, -0.1) is 11.6 Å². The van der Waals surface area contributed by atoms with Crippen LogP contribution in [-0.2, 0) is 4.79 Å². The summed E-state index contributed by atoms with van der Waals surface area (Å²) in [6, 6.07) is 6.09. The molecule has 0 radical (unpaired) electrons. The normalized spacial score (nSPS) is 10.3. The molecule has 2 rings (SSSR count). The maximum atomic E-state index is 11.2. The SMILES string of the molecule is COc1c(OC(=O)CCl)ccc2ccc(=O)oc12. The topological polar surface area (TPSA) is 65.7 Å². The first-order valence-corrected chi connectivity index (χ1v) is 5.56. The van der Waals surface area contributed by atoms with Gasteiger partial charge in [-0.3, -0.25) is 4.79 Å². The third kappa shape index (κ3) is 2.31. The van der Waals surface area contributed by atoms with Crippen LogP contribution in [0.5, 0.6) is 11.5 Å². The molecule has 0 bridgehead atoms. The van der Waals surface area contributed by atoms with E-state index in [9.17, 15) is 9.59 Å². The number of hydrogen-bond acceptors (Lipinski definition) is 5. The number of benzene rings is 1. The van der Waals surface area contributed by atoms with E-state index < -0.39 is 11.6 Å². The number of ether oxygens (including phenoxy) is 2. The second-order valence-corrected chi connectivity index (χ2v) is 3.64. The van der Waals surface area contributed by atoms with Gasteiger partial charge in [-0.25, -0.2) is 4.79 Å². The van der Waals surface area contributed by atoms with E-state index in [1.54, 1.807) is 18.2 Å². The number of esters is 1. The molecule has 0 aliphatic heterocycles. The lowest BCUT2D eigenvalue weighted by Crippen LogP contribution is -2.10. The smallest absolute Gasteiger partial charge is 0.336 e. The highest BCUT2D eigenvalue weighted by Gasteiger charge is 2.14. The van der Waals surface area contributed by atoms with Crippen LogP contribution < -0.4 is 15.1 Å². The lowest BCUT2D eigenvalue weighted by atomic mass is 10.2. The number of carbonyl (C=O) groups is 1. The first kappa shape index (κ1) is 12.4. The van der Waals surface area contributed by atoms with Crippen LogP contribution in [0.4, 0.5) is 0 Å². The van der Waals surface area contributed by atoms with Crippen molar-refractivity contribution in [3.05, 3.63) is 34.7 Å². The average molecular weight is 269 g/mol. The van der Waals surface area contributed by atoms with Crippen LogP contribution in [-0.4, -0.2) is 19.0 Å². The molecule has 18 heavy (non-hydrogen) atoms. The van der Waals surface area contributed by atoms with Crippen LogP contribution in [0.15, 0.2) is 33.5 Å². The molecule has 2 aromatic rings. The van der Waals surface area contributed by atoms with Gasteiger partial charge in [-0.2, -0.15) is 0 Å². The first-order valence-electron chi connectivity index (χ1n) is 5.03. The van der Waals surface area contributed by atoms with E-state index >= 15 is 0 Å². The molecule has 0 atom stereocenters. The molecule has 0 N–H and O–H groups in total. The van der Waals surface area contributed by atoms with Crippen molar-refractivity contribution in [1.29, 1.82) is 0 Å². The van der Waals surface area contributed by atoms with Crippen LogP contribution in [0.1, 0.15) is 0 Å². The third-order valence-corrected chi connectivity index (χ3v) is 2.46. The highest BCUT2D eigenvalue weighted by atomic mass is 35.5. The Hall–Kier alpha value is -2.01. The molecule has 1 heterocycles. The Morgan fingerprint density at radius 1 is 1.33 bits per heavy atom. The largest absolute Gasteiger partial charge is 0.490 e. The minimum atomic E-state index is -0.618. The minimum Gasteiger partial charge on any atom is -0.490 e.